The molecule has 7 heteroatoms. The number of carbonyl (C=O) groups excluding carboxylic acids is 3. The van der Waals surface area contributed by atoms with E-state index >= 15 is 0 Å². The van der Waals surface area contributed by atoms with Gasteiger partial charge in [-0.1, -0.05) is 24.3 Å². The molecule has 2 N–H and O–H groups in total. The number of hydrogen-bond donors (Lipinski definition) is 2. The zero-order chi connectivity index (χ0) is 19.0. The number of nitrogens with one attached hydrogen (secondary N) is 2. The number of nitrogens with zero attached hydrogens (tertiary/aromatic N) is 2. The molecule has 1 aliphatic carbocycles. The first-order valence-corrected chi connectivity index (χ1v) is 8.93. The van der Waals surface area contributed by atoms with Gasteiger partial charge in [0.2, 0.25) is 5.91 Å². The van der Waals surface area contributed by atoms with Gasteiger partial charge in [0, 0.05) is 12.4 Å². The molecule has 1 saturated heterocycles. The molecule has 2 aromatic rings. The maximum Gasteiger partial charge on any atom is 0.325 e. The number of aromatic nitrogens is 1. The van der Waals surface area contributed by atoms with E-state index in [1.54, 1.807) is 12.4 Å². The molecule has 2 heterocycles. The lowest BCUT2D eigenvalue weighted by Gasteiger charge is -2.22. The quantitative estimate of drug-likeness (QED) is 0.807. The van der Waals surface area contributed by atoms with Crippen molar-refractivity contribution in [3.05, 3.63) is 65.5 Å². The molecule has 1 aromatic carbocycles. The highest BCUT2D eigenvalue weighted by atomic mass is 16.2. The highest BCUT2D eigenvalue weighted by molar-refractivity contribution is 6.09. The van der Waals surface area contributed by atoms with Gasteiger partial charge >= 0.3 is 6.03 Å². The Labute approximate surface area is 156 Å². The van der Waals surface area contributed by atoms with E-state index in [0.29, 0.717) is 6.42 Å². The molecule has 2 aliphatic rings. The minimum absolute atomic E-state index is 0.248. The molecule has 7 nitrogen and oxygen atoms in total. The number of imide groups is 1. The Morgan fingerprint density at radius 1 is 1.26 bits per heavy atom. The molecule has 138 valence electrons. The first-order chi connectivity index (χ1) is 13.0. The second-order valence-electron chi connectivity index (χ2n) is 6.95. The average molecular weight is 364 g/mol. The minimum atomic E-state index is -1.04. The predicted octanol–water partition coefficient (Wildman–Crippen LogP) is 1.65. The van der Waals surface area contributed by atoms with E-state index in [-0.39, 0.29) is 24.4 Å². The Balaban J connectivity index is 1.48. The number of urea groups is 1. The van der Waals surface area contributed by atoms with E-state index in [1.165, 1.54) is 0 Å². The summed E-state index contributed by atoms with van der Waals surface area (Å²) in [4.78, 5) is 42.9. The molecule has 27 heavy (non-hydrogen) atoms. The Bertz CT molecular complexity index is 914. The first kappa shape index (κ1) is 17.2. The van der Waals surface area contributed by atoms with Crippen LogP contribution in [0.5, 0.6) is 0 Å². The second kappa shape index (κ2) is 6.50. The molecule has 0 bridgehead atoms. The van der Waals surface area contributed by atoms with Crippen LogP contribution in [0.1, 0.15) is 36.1 Å². The molecule has 1 fully saturated rings. The number of hydrogen-bond acceptors (Lipinski definition) is 4. The summed E-state index contributed by atoms with van der Waals surface area (Å²) in [6.45, 7) is 1.54. The number of carbonyl (C=O) groups is 3. The van der Waals surface area contributed by atoms with E-state index in [9.17, 15) is 14.4 Å². The van der Waals surface area contributed by atoms with Crippen LogP contribution in [0, 0.1) is 0 Å². The lowest BCUT2D eigenvalue weighted by atomic mass is 9.92. The highest BCUT2D eigenvalue weighted by Crippen LogP contribution is 2.41. The minimum Gasteiger partial charge on any atom is -0.348 e. The highest BCUT2D eigenvalue weighted by Gasteiger charge is 2.55. The molecule has 0 saturated carbocycles. The summed E-state index contributed by atoms with van der Waals surface area (Å²) in [7, 11) is 0. The lowest BCUT2D eigenvalue weighted by molar-refractivity contribution is -0.135. The smallest absolute Gasteiger partial charge is 0.325 e. The van der Waals surface area contributed by atoms with E-state index < -0.39 is 11.6 Å². The van der Waals surface area contributed by atoms with Crippen molar-refractivity contribution in [1.29, 1.82) is 0 Å². The van der Waals surface area contributed by atoms with E-state index in [1.807, 2.05) is 43.3 Å². The third-order valence-corrected chi connectivity index (χ3v) is 5.31. The second-order valence-corrected chi connectivity index (χ2v) is 6.95. The normalized spacial score (nSPS) is 21.9. The largest absolute Gasteiger partial charge is 0.348 e. The lowest BCUT2D eigenvalue weighted by Crippen LogP contribution is -2.44. The van der Waals surface area contributed by atoms with Crippen LogP contribution < -0.4 is 10.6 Å². The molecule has 1 spiro atoms. The summed E-state index contributed by atoms with van der Waals surface area (Å²) in [6.07, 6.45) is 4.54. The Morgan fingerprint density at radius 2 is 2.00 bits per heavy atom. The van der Waals surface area contributed by atoms with Crippen LogP contribution in [0.4, 0.5) is 4.79 Å². The number of pyridine rings is 1. The van der Waals surface area contributed by atoms with Crippen molar-refractivity contribution in [1.82, 2.24) is 20.5 Å². The van der Waals surface area contributed by atoms with E-state index in [0.717, 1.165) is 28.0 Å². The molecule has 4 amide bonds. The third kappa shape index (κ3) is 2.85. The van der Waals surface area contributed by atoms with Crippen LogP contribution in [0.2, 0.25) is 0 Å². The van der Waals surface area contributed by atoms with E-state index in [4.69, 9.17) is 0 Å². The van der Waals surface area contributed by atoms with Gasteiger partial charge in [-0.25, -0.2) is 4.79 Å². The van der Waals surface area contributed by atoms with Gasteiger partial charge in [-0.2, -0.15) is 0 Å². The third-order valence-electron chi connectivity index (χ3n) is 5.31. The summed E-state index contributed by atoms with van der Waals surface area (Å²) in [6, 6.07) is 10.5. The van der Waals surface area contributed by atoms with Crippen molar-refractivity contribution in [3.63, 3.8) is 0 Å². The fourth-order valence-electron chi connectivity index (χ4n) is 3.90. The predicted molar refractivity (Wildman–Crippen MR) is 97.5 cm³/mol. The number of benzene rings is 1. The van der Waals surface area contributed by atoms with Gasteiger partial charge in [0.05, 0.1) is 6.04 Å². The molecular formula is C20H20N4O3. The molecule has 2 atom stereocenters. The summed E-state index contributed by atoms with van der Waals surface area (Å²) in [5.41, 5.74) is 1.75. The van der Waals surface area contributed by atoms with Crippen LogP contribution in [-0.4, -0.2) is 34.3 Å². The maximum absolute atomic E-state index is 13.0. The Hall–Kier alpha value is -3.22. The zero-order valence-electron chi connectivity index (χ0n) is 14.9. The van der Waals surface area contributed by atoms with Gasteiger partial charge in [-0.15, -0.1) is 0 Å². The monoisotopic (exact) mass is 364 g/mol. The van der Waals surface area contributed by atoms with Gasteiger partial charge in [0.25, 0.3) is 5.91 Å². The van der Waals surface area contributed by atoms with Crippen LogP contribution in [-0.2, 0) is 21.5 Å². The van der Waals surface area contributed by atoms with Crippen molar-refractivity contribution in [2.45, 2.75) is 31.3 Å². The van der Waals surface area contributed by atoms with Crippen LogP contribution in [0.15, 0.2) is 48.8 Å². The van der Waals surface area contributed by atoms with Crippen LogP contribution >= 0.6 is 0 Å². The van der Waals surface area contributed by atoms with Gasteiger partial charge < -0.3 is 10.6 Å². The standard InChI is InChI=1S/C20H20N4O3/c1-13(14-7-10-21-11-8-14)22-17(25)12-24-18(26)20(23-19(24)27)9-6-15-4-2-3-5-16(15)20/h2-5,7-8,10-11,13H,6,9,12H2,1H3,(H,22,25)(H,23,27). The average Bonchev–Trinajstić information content (AvgIpc) is 3.16. The van der Waals surface area contributed by atoms with Crippen molar-refractivity contribution in [3.8, 4) is 0 Å². The maximum atomic E-state index is 13.0. The van der Waals surface area contributed by atoms with Crippen molar-refractivity contribution in [2.75, 3.05) is 6.54 Å². The molecule has 0 radical (unpaired) electrons. The van der Waals surface area contributed by atoms with Gasteiger partial charge in [-0.05, 0) is 48.6 Å². The van der Waals surface area contributed by atoms with Crippen molar-refractivity contribution < 1.29 is 14.4 Å². The Kier molecular flexibility index (Phi) is 4.14. The van der Waals surface area contributed by atoms with Crippen molar-refractivity contribution in [2.24, 2.45) is 0 Å². The molecule has 1 aromatic heterocycles. The topological polar surface area (TPSA) is 91.4 Å². The molecule has 1 aliphatic heterocycles. The molecule has 4 rings (SSSR count). The fourth-order valence-corrected chi connectivity index (χ4v) is 3.90. The van der Waals surface area contributed by atoms with E-state index in [2.05, 4.69) is 15.6 Å². The van der Waals surface area contributed by atoms with Crippen LogP contribution in [0.25, 0.3) is 0 Å². The summed E-state index contributed by atoms with van der Waals surface area (Å²) < 4.78 is 0. The van der Waals surface area contributed by atoms with Crippen LogP contribution in [0.3, 0.4) is 0 Å². The van der Waals surface area contributed by atoms with Crippen molar-refractivity contribution >= 4 is 17.8 Å². The number of aryl methyl sites for hydroxylation is 1. The number of amides is 4. The summed E-state index contributed by atoms with van der Waals surface area (Å²) >= 11 is 0. The summed E-state index contributed by atoms with van der Waals surface area (Å²) in [5.74, 6) is -0.740. The molecule has 2 unspecified atom stereocenters. The summed E-state index contributed by atoms with van der Waals surface area (Å²) in [5, 5.41) is 5.65. The van der Waals surface area contributed by atoms with Gasteiger partial charge in [-0.3, -0.25) is 19.5 Å². The number of rotatable bonds is 4. The van der Waals surface area contributed by atoms with Gasteiger partial charge in [0.15, 0.2) is 0 Å². The molecular weight excluding hydrogens is 344 g/mol. The Morgan fingerprint density at radius 3 is 2.78 bits per heavy atom. The number of fused-ring (bicyclic) bond motifs is 2. The van der Waals surface area contributed by atoms with Gasteiger partial charge in [0.1, 0.15) is 12.1 Å². The SMILES string of the molecule is CC(NC(=O)CN1C(=O)NC2(CCc3ccccc32)C1=O)c1ccncc1. The zero-order valence-corrected chi connectivity index (χ0v) is 14.9. The fraction of sp³-hybridized carbons (Fsp3) is 0.300. The first-order valence-electron chi connectivity index (χ1n) is 8.93.